The van der Waals surface area contributed by atoms with Crippen molar-refractivity contribution in [3.8, 4) is 5.75 Å². The van der Waals surface area contributed by atoms with Crippen molar-refractivity contribution >= 4 is 5.69 Å². The predicted molar refractivity (Wildman–Crippen MR) is 112 cm³/mol. The zero-order valence-electron chi connectivity index (χ0n) is 17.3. The van der Waals surface area contributed by atoms with Crippen LogP contribution < -0.4 is 15.0 Å². The highest BCUT2D eigenvalue weighted by atomic mass is 16.5. The maximum atomic E-state index is 5.74. The standard InChI is InChI=1S/C20H33N3O.C2H6/c1-17(2)24-20-5-3-19(4-6-20)23-13-8-18(9-14-23)7-12-22-15-10-21-11-16-22;1-2/h3-6,17-18,21H,7-16H2,1-2H3;1-2H3. The molecule has 0 unspecified atom stereocenters. The van der Waals surface area contributed by atoms with Gasteiger partial charge in [0.15, 0.2) is 0 Å². The van der Waals surface area contributed by atoms with E-state index >= 15 is 0 Å². The monoisotopic (exact) mass is 361 g/mol. The average molecular weight is 362 g/mol. The summed E-state index contributed by atoms with van der Waals surface area (Å²) >= 11 is 0. The molecule has 0 radical (unpaired) electrons. The van der Waals surface area contributed by atoms with E-state index < -0.39 is 0 Å². The van der Waals surface area contributed by atoms with E-state index in [1.807, 2.05) is 13.8 Å². The van der Waals surface area contributed by atoms with E-state index in [1.54, 1.807) is 0 Å². The van der Waals surface area contributed by atoms with E-state index in [4.69, 9.17) is 4.74 Å². The Labute approximate surface area is 160 Å². The van der Waals surface area contributed by atoms with Gasteiger partial charge < -0.3 is 19.9 Å². The molecule has 148 valence electrons. The summed E-state index contributed by atoms with van der Waals surface area (Å²) in [6.07, 6.45) is 4.27. The lowest BCUT2D eigenvalue weighted by molar-refractivity contribution is 0.215. The molecule has 0 atom stereocenters. The number of nitrogens with zero attached hydrogens (tertiary/aromatic N) is 2. The minimum absolute atomic E-state index is 0.238. The third-order valence-corrected chi connectivity index (χ3v) is 5.25. The number of anilines is 1. The molecule has 0 saturated carbocycles. The maximum Gasteiger partial charge on any atom is 0.119 e. The molecule has 2 aliphatic rings. The van der Waals surface area contributed by atoms with Gasteiger partial charge in [0.25, 0.3) is 0 Å². The van der Waals surface area contributed by atoms with Crippen molar-refractivity contribution in [1.29, 1.82) is 0 Å². The van der Waals surface area contributed by atoms with Crippen molar-refractivity contribution in [2.45, 2.75) is 53.1 Å². The molecule has 4 nitrogen and oxygen atoms in total. The zero-order valence-corrected chi connectivity index (χ0v) is 17.3. The molecular formula is C22H39N3O. The number of piperidine rings is 1. The molecule has 0 amide bonds. The van der Waals surface area contributed by atoms with Gasteiger partial charge in [0.2, 0.25) is 0 Å². The van der Waals surface area contributed by atoms with Crippen molar-refractivity contribution < 1.29 is 4.74 Å². The Morgan fingerprint density at radius 1 is 1.00 bits per heavy atom. The van der Waals surface area contributed by atoms with Crippen LogP contribution in [0.5, 0.6) is 5.75 Å². The first-order valence-corrected chi connectivity index (χ1v) is 10.7. The Hall–Kier alpha value is -1.26. The molecule has 0 aliphatic carbocycles. The van der Waals surface area contributed by atoms with Crippen LogP contribution in [0.3, 0.4) is 0 Å². The maximum absolute atomic E-state index is 5.74. The smallest absolute Gasteiger partial charge is 0.119 e. The van der Waals surface area contributed by atoms with Crippen LogP contribution >= 0.6 is 0 Å². The Bertz CT molecular complexity index is 475. The molecule has 2 aliphatic heterocycles. The van der Waals surface area contributed by atoms with Crippen LogP contribution in [0.4, 0.5) is 5.69 Å². The van der Waals surface area contributed by atoms with Crippen LogP contribution in [0.25, 0.3) is 0 Å². The number of rotatable bonds is 6. The van der Waals surface area contributed by atoms with Crippen molar-refractivity contribution in [2.24, 2.45) is 5.92 Å². The normalized spacial score (nSPS) is 19.2. The largest absolute Gasteiger partial charge is 0.491 e. The van der Waals surface area contributed by atoms with Gasteiger partial charge in [0, 0.05) is 45.0 Å². The molecule has 1 aromatic rings. The molecule has 2 fully saturated rings. The lowest BCUT2D eigenvalue weighted by Crippen LogP contribution is -2.44. The average Bonchev–Trinajstić information content (AvgIpc) is 2.69. The summed E-state index contributed by atoms with van der Waals surface area (Å²) in [6, 6.07) is 8.62. The van der Waals surface area contributed by atoms with E-state index in [0.29, 0.717) is 0 Å². The van der Waals surface area contributed by atoms with Gasteiger partial charge in [-0.25, -0.2) is 0 Å². The van der Waals surface area contributed by atoms with Gasteiger partial charge in [0.05, 0.1) is 6.10 Å². The quantitative estimate of drug-likeness (QED) is 0.828. The topological polar surface area (TPSA) is 27.7 Å². The van der Waals surface area contributed by atoms with Gasteiger partial charge in [0.1, 0.15) is 5.75 Å². The van der Waals surface area contributed by atoms with Crippen LogP contribution in [0.1, 0.15) is 47.0 Å². The van der Waals surface area contributed by atoms with E-state index in [2.05, 4.69) is 53.2 Å². The van der Waals surface area contributed by atoms with Crippen LogP contribution in [0.15, 0.2) is 24.3 Å². The molecule has 0 spiro atoms. The molecule has 0 aromatic heterocycles. The first-order chi connectivity index (χ1) is 12.7. The van der Waals surface area contributed by atoms with E-state index in [1.165, 1.54) is 57.7 Å². The SMILES string of the molecule is CC.CC(C)Oc1ccc(N2CCC(CCN3CCNCC3)CC2)cc1. The van der Waals surface area contributed by atoms with Crippen molar-refractivity contribution in [3.05, 3.63) is 24.3 Å². The number of hydrogen-bond donors (Lipinski definition) is 1. The van der Waals surface area contributed by atoms with Crippen LogP contribution in [-0.2, 0) is 0 Å². The number of piperazine rings is 1. The zero-order chi connectivity index (χ0) is 18.8. The van der Waals surface area contributed by atoms with E-state index in [9.17, 15) is 0 Å². The number of nitrogens with one attached hydrogen (secondary N) is 1. The number of benzene rings is 1. The highest BCUT2D eigenvalue weighted by Crippen LogP contribution is 2.27. The van der Waals surface area contributed by atoms with Gasteiger partial charge in [-0.1, -0.05) is 13.8 Å². The van der Waals surface area contributed by atoms with E-state index in [-0.39, 0.29) is 6.10 Å². The Kier molecular flexibility index (Phi) is 9.27. The fraction of sp³-hybridized carbons (Fsp3) is 0.727. The second kappa shape index (κ2) is 11.5. The Balaban J connectivity index is 0.00000117. The fourth-order valence-corrected chi connectivity index (χ4v) is 3.79. The minimum atomic E-state index is 0.238. The van der Waals surface area contributed by atoms with Crippen molar-refractivity contribution in [2.75, 3.05) is 50.7 Å². The first-order valence-electron chi connectivity index (χ1n) is 10.7. The summed E-state index contributed by atoms with van der Waals surface area (Å²) in [5.74, 6) is 1.87. The van der Waals surface area contributed by atoms with Gasteiger partial charge >= 0.3 is 0 Å². The summed E-state index contributed by atoms with van der Waals surface area (Å²) in [5, 5.41) is 3.43. The second-order valence-corrected chi connectivity index (χ2v) is 7.47. The predicted octanol–water partition coefficient (Wildman–Crippen LogP) is 4.01. The molecule has 2 heterocycles. The molecule has 1 aromatic carbocycles. The Morgan fingerprint density at radius 2 is 1.62 bits per heavy atom. The number of ether oxygens (including phenoxy) is 1. The van der Waals surface area contributed by atoms with Gasteiger partial charge in [-0.2, -0.15) is 0 Å². The van der Waals surface area contributed by atoms with E-state index in [0.717, 1.165) is 24.8 Å². The summed E-state index contributed by atoms with van der Waals surface area (Å²) in [5.41, 5.74) is 1.34. The second-order valence-electron chi connectivity index (χ2n) is 7.47. The van der Waals surface area contributed by atoms with Crippen LogP contribution in [-0.4, -0.2) is 56.8 Å². The minimum Gasteiger partial charge on any atom is -0.491 e. The first kappa shape index (κ1) is 21.0. The summed E-state index contributed by atoms with van der Waals surface area (Å²) in [4.78, 5) is 5.15. The van der Waals surface area contributed by atoms with Crippen molar-refractivity contribution in [3.63, 3.8) is 0 Å². The lowest BCUT2D eigenvalue weighted by atomic mass is 9.93. The van der Waals surface area contributed by atoms with Crippen LogP contribution in [0.2, 0.25) is 0 Å². The van der Waals surface area contributed by atoms with Crippen LogP contribution in [0, 0.1) is 5.92 Å². The molecule has 3 rings (SSSR count). The summed E-state index contributed by atoms with van der Waals surface area (Å²) < 4.78 is 5.74. The Morgan fingerprint density at radius 3 is 2.19 bits per heavy atom. The molecule has 2 saturated heterocycles. The lowest BCUT2D eigenvalue weighted by Gasteiger charge is -2.35. The fourth-order valence-electron chi connectivity index (χ4n) is 3.79. The molecular weight excluding hydrogens is 322 g/mol. The molecule has 1 N–H and O–H groups in total. The highest BCUT2D eigenvalue weighted by Gasteiger charge is 2.20. The summed E-state index contributed by atoms with van der Waals surface area (Å²) in [7, 11) is 0. The molecule has 26 heavy (non-hydrogen) atoms. The third-order valence-electron chi connectivity index (χ3n) is 5.25. The summed E-state index contributed by atoms with van der Waals surface area (Å²) in [6.45, 7) is 16.6. The van der Waals surface area contributed by atoms with Gasteiger partial charge in [-0.05, 0) is 69.8 Å². The third kappa shape index (κ3) is 6.81. The van der Waals surface area contributed by atoms with Gasteiger partial charge in [-0.3, -0.25) is 0 Å². The number of hydrogen-bond acceptors (Lipinski definition) is 4. The highest BCUT2D eigenvalue weighted by molar-refractivity contribution is 5.49. The molecule has 0 bridgehead atoms. The van der Waals surface area contributed by atoms with Gasteiger partial charge in [-0.15, -0.1) is 0 Å². The molecule has 4 heteroatoms. The van der Waals surface area contributed by atoms with Crippen molar-refractivity contribution in [1.82, 2.24) is 10.2 Å².